The number of rotatable bonds is 4. The van der Waals surface area contributed by atoms with Crippen LogP contribution in [0, 0.1) is 0 Å². The lowest BCUT2D eigenvalue weighted by Crippen LogP contribution is -2.34. The van der Waals surface area contributed by atoms with Crippen LogP contribution in [-0.2, 0) is 14.3 Å². The van der Waals surface area contributed by atoms with Crippen molar-refractivity contribution in [3.63, 3.8) is 0 Å². The maximum Gasteiger partial charge on any atom is 0.412 e. The molecule has 6 heteroatoms. The summed E-state index contributed by atoms with van der Waals surface area (Å²) in [6.45, 7) is 5.20. The third-order valence-electron chi connectivity index (χ3n) is 2.47. The van der Waals surface area contributed by atoms with Crippen molar-refractivity contribution in [2.24, 2.45) is 0 Å². The molecule has 0 saturated carbocycles. The quantitative estimate of drug-likeness (QED) is 0.684. The van der Waals surface area contributed by atoms with Crippen LogP contribution in [0.3, 0.4) is 0 Å². The van der Waals surface area contributed by atoms with Gasteiger partial charge in [0.15, 0.2) is 0 Å². The smallest absolute Gasteiger partial charge is 0.412 e. The van der Waals surface area contributed by atoms with Crippen molar-refractivity contribution >= 4 is 18.1 Å². The molecular weight excluding hydrogens is 286 g/mol. The van der Waals surface area contributed by atoms with Gasteiger partial charge in [0.05, 0.1) is 14.2 Å². The Morgan fingerprint density at radius 3 is 2.14 bits per heavy atom. The summed E-state index contributed by atoms with van der Waals surface area (Å²) in [7, 11) is 2.80. The van der Waals surface area contributed by atoms with E-state index in [1.807, 2.05) is 0 Å². The van der Waals surface area contributed by atoms with Crippen molar-refractivity contribution in [3.05, 3.63) is 35.5 Å². The lowest BCUT2D eigenvalue weighted by molar-refractivity contribution is -0.136. The van der Waals surface area contributed by atoms with Gasteiger partial charge in [0.2, 0.25) is 0 Å². The second-order valence-corrected chi connectivity index (χ2v) is 5.45. The molecule has 0 unspecified atom stereocenters. The van der Waals surface area contributed by atoms with E-state index < -0.39 is 17.7 Å². The number of nitrogens with one attached hydrogen (secondary N) is 1. The number of ether oxygens (including phenoxy) is 3. The summed E-state index contributed by atoms with van der Waals surface area (Å²) in [5.74, 6) is 0.0264. The van der Waals surface area contributed by atoms with Crippen LogP contribution in [0.15, 0.2) is 30.0 Å². The van der Waals surface area contributed by atoms with E-state index in [0.717, 1.165) is 0 Å². The topological polar surface area (TPSA) is 73.9 Å². The van der Waals surface area contributed by atoms with E-state index in [4.69, 9.17) is 9.47 Å². The van der Waals surface area contributed by atoms with Crippen LogP contribution < -0.4 is 10.1 Å². The molecule has 0 radical (unpaired) electrons. The molecule has 22 heavy (non-hydrogen) atoms. The normalized spacial score (nSPS) is 11.6. The van der Waals surface area contributed by atoms with E-state index in [0.29, 0.717) is 11.3 Å². The molecule has 0 aromatic heterocycles. The first-order valence-corrected chi connectivity index (χ1v) is 6.69. The van der Waals surface area contributed by atoms with Crippen LogP contribution >= 0.6 is 0 Å². The van der Waals surface area contributed by atoms with Gasteiger partial charge >= 0.3 is 12.1 Å². The molecule has 1 rings (SSSR count). The van der Waals surface area contributed by atoms with E-state index in [1.54, 1.807) is 52.1 Å². The fourth-order valence-electron chi connectivity index (χ4n) is 1.54. The number of hydrogen-bond acceptors (Lipinski definition) is 5. The molecule has 0 saturated heterocycles. The molecule has 0 heterocycles. The second kappa shape index (κ2) is 7.49. The summed E-state index contributed by atoms with van der Waals surface area (Å²) in [5, 5.41) is 2.40. The van der Waals surface area contributed by atoms with Gasteiger partial charge in [-0.2, -0.15) is 0 Å². The summed E-state index contributed by atoms with van der Waals surface area (Å²) in [4.78, 5) is 23.5. The zero-order valence-electron chi connectivity index (χ0n) is 13.4. The zero-order valence-corrected chi connectivity index (χ0v) is 13.4. The van der Waals surface area contributed by atoms with Crippen LogP contribution in [-0.4, -0.2) is 31.9 Å². The van der Waals surface area contributed by atoms with E-state index in [9.17, 15) is 9.59 Å². The van der Waals surface area contributed by atoms with Crippen LogP contribution in [0.25, 0.3) is 6.08 Å². The molecule has 0 aliphatic rings. The van der Waals surface area contributed by atoms with Gasteiger partial charge in [-0.25, -0.2) is 9.59 Å². The molecule has 0 fully saturated rings. The molecule has 6 nitrogen and oxygen atoms in total. The minimum Gasteiger partial charge on any atom is -0.497 e. The number of carbonyl (C=O) groups is 2. The average molecular weight is 307 g/mol. The number of esters is 1. The fourth-order valence-corrected chi connectivity index (χ4v) is 1.54. The SMILES string of the molecule is COC(=O)/C(=C/c1ccc(OC)cc1)NC(=O)OC(C)(C)C. The van der Waals surface area contributed by atoms with Crippen molar-refractivity contribution < 1.29 is 23.8 Å². The molecule has 0 bridgehead atoms. The van der Waals surface area contributed by atoms with Gasteiger partial charge in [0, 0.05) is 0 Å². The van der Waals surface area contributed by atoms with Gasteiger partial charge in [0.1, 0.15) is 17.0 Å². The van der Waals surface area contributed by atoms with Crippen LogP contribution in [0.2, 0.25) is 0 Å². The van der Waals surface area contributed by atoms with Gasteiger partial charge in [-0.3, -0.25) is 5.32 Å². The Morgan fingerprint density at radius 1 is 1.09 bits per heavy atom. The second-order valence-electron chi connectivity index (χ2n) is 5.45. The molecule has 1 aromatic carbocycles. The third-order valence-corrected chi connectivity index (χ3v) is 2.47. The molecular formula is C16H21NO5. The highest BCUT2D eigenvalue weighted by Crippen LogP contribution is 2.14. The molecule has 0 aliphatic carbocycles. The minimum absolute atomic E-state index is 0.0121. The summed E-state index contributed by atoms with van der Waals surface area (Å²) in [6, 6.07) is 6.99. The van der Waals surface area contributed by atoms with Gasteiger partial charge in [0.25, 0.3) is 0 Å². The largest absolute Gasteiger partial charge is 0.497 e. The highest BCUT2D eigenvalue weighted by Gasteiger charge is 2.20. The van der Waals surface area contributed by atoms with Crippen LogP contribution in [0.1, 0.15) is 26.3 Å². The fraction of sp³-hybridized carbons (Fsp3) is 0.375. The molecule has 1 N–H and O–H groups in total. The summed E-state index contributed by atoms with van der Waals surface area (Å²) in [6.07, 6.45) is 0.771. The first-order valence-electron chi connectivity index (χ1n) is 6.69. The maximum absolute atomic E-state index is 11.8. The molecule has 1 amide bonds. The van der Waals surface area contributed by atoms with Crippen molar-refractivity contribution in [2.75, 3.05) is 14.2 Å². The molecule has 120 valence electrons. The Hall–Kier alpha value is -2.50. The number of benzene rings is 1. The van der Waals surface area contributed by atoms with Gasteiger partial charge in [-0.1, -0.05) is 12.1 Å². The van der Waals surface area contributed by atoms with E-state index >= 15 is 0 Å². The standard InChI is InChI=1S/C16H21NO5/c1-16(2,3)22-15(19)17-13(14(18)21-5)10-11-6-8-12(20-4)9-7-11/h6-10H,1-5H3,(H,17,19)/b13-10-. The predicted molar refractivity (Wildman–Crippen MR) is 82.4 cm³/mol. The third kappa shape index (κ3) is 5.87. The van der Waals surface area contributed by atoms with E-state index in [-0.39, 0.29) is 5.70 Å². The Kier molecular flexibility index (Phi) is 5.98. The first-order chi connectivity index (χ1) is 10.2. The highest BCUT2D eigenvalue weighted by atomic mass is 16.6. The Bertz CT molecular complexity index is 555. The Balaban J connectivity index is 2.94. The van der Waals surface area contributed by atoms with E-state index in [2.05, 4.69) is 10.1 Å². The van der Waals surface area contributed by atoms with Crippen molar-refractivity contribution in [1.82, 2.24) is 5.32 Å². The molecule has 1 aromatic rings. The van der Waals surface area contributed by atoms with Crippen LogP contribution in [0.5, 0.6) is 5.75 Å². The highest BCUT2D eigenvalue weighted by molar-refractivity contribution is 5.96. The molecule has 0 aliphatic heterocycles. The average Bonchev–Trinajstić information content (AvgIpc) is 2.44. The summed E-state index contributed by atoms with van der Waals surface area (Å²) >= 11 is 0. The minimum atomic E-state index is -0.724. The van der Waals surface area contributed by atoms with Crippen molar-refractivity contribution in [3.8, 4) is 5.75 Å². The number of carbonyl (C=O) groups excluding carboxylic acids is 2. The number of amides is 1. The van der Waals surface area contributed by atoms with Gasteiger partial charge < -0.3 is 14.2 Å². The first kappa shape index (κ1) is 17.6. The monoisotopic (exact) mass is 307 g/mol. The Labute approximate surface area is 130 Å². The number of alkyl carbamates (subject to hydrolysis) is 1. The van der Waals surface area contributed by atoms with E-state index in [1.165, 1.54) is 13.2 Å². The zero-order chi connectivity index (χ0) is 16.8. The summed E-state index contributed by atoms with van der Waals surface area (Å²) < 4.78 is 14.8. The Morgan fingerprint density at radius 2 is 1.68 bits per heavy atom. The van der Waals surface area contributed by atoms with Gasteiger partial charge in [-0.15, -0.1) is 0 Å². The van der Waals surface area contributed by atoms with Crippen molar-refractivity contribution in [1.29, 1.82) is 0 Å². The molecule has 0 spiro atoms. The van der Waals surface area contributed by atoms with Gasteiger partial charge in [-0.05, 0) is 44.5 Å². The lowest BCUT2D eigenvalue weighted by Gasteiger charge is -2.20. The molecule has 0 atom stereocenters. The maximum atomic E-state index is 11.8. The lowest BCUT2D eigenvalue weighted by atomic mass is 10.2. The van der Waals surface area contributed by atoms with Crippen LogP contribution in [0.4, 0.5) is 4.79 Å². The summed E-state index contributed by atoms with van der Waals surface area (Å²) in [5.41, 5.74) is 0.0324. The van der Waals surface area contributed by atoms with Crippen molar-refractivity contribution in [2.45, 2.75) is 26.4 Å². The number of methoxy groups -OCH3 is 2. The predicted octanol–water partition coefficient (Wildman–Crippen LogP) is 2.73. The number of hydrogen-bond donors (Lipinski definition) is 1.